The third kappa shape index (κ3) is 8.01. The Kier molecular flexibility index (Phi) is 10.0. The smallest absolute Gasteiger partial charge is 0.261 e. The van der Waals surface area contributed by atoms with Crippen molar-refractivity contribution in [3.8, 4) is 5.75 Å². The zero-order chi connectivity index (χ0) is 25.2. The molecule has 0 radical (unpaired) electrons. The lowest BCUT2D eigenvalue weighted by molar-refractivity contribution is -0.142. The standard InChI is InChI=1S/C28H30Cl2N2O3/c1-3-15-31-28(34)26(17-21-7-5-4-6-8-21)32(18-22-11-14-24(29)25(30)16-22)27(33)19-35-23-12-9-20(2)10-13-23/h4-14,16,26H,3,15,17-19H2,1-2H3,(H,31,34)/t26-/m1/s1. The fourth-order valence-electron chi connectivity index (χ4n) is 3.62. The number of carbonyl (C=O) groups is 2. The first-order valence-corrected chi connectivity index (χ1v) is 12.4. The van der Waals surface area contributed by atoms with E-state index in [1.165, 1.54) is 0 Å². The molecule has 1 atom stereocenters. The molecule has 2 amide bonds. The van der Waals surface area contributed by atoms with Crippen molar-refractivity contribution in [2.45, 2.75) is 39.3 Å². The van der Waals surface area contributed by atoms with E-state index in [4.69, 9.17) is 27.9 Å². The topological polar surface area (TPSA) is 58.6 Å². The van der Waals surface area contributed by atoms with Gasteiger partial charge in [0.25, 0.3) is 5.91 Å². The molecule has 7 heteroatoms. The van der Waals surface area contributed by atoms with Crippen LogP contribution < -0.4 is 10.1 Å². The van der Waals surface area contributed by atoms with Gasteiger partial charge in [-0.1, -0.05) is 84.2 Å². The summed E-state index contributed by atoms with van der Waals surface area (Å²) in [6.07, 6.45) is 1.16. The van der Waals surface area contributed by atoms with E-state index in [9.17, 15) is 9.59 Å². The minimum Gasteiger partial charge on any atom is -0.484 e. The summed E-state index contributed by atoms with van der Waals surface area (Å²) in [4.78, 5) is 28.4. The quantitative estimate of drug-likeness (QED) is 0.350. The molecule has 3 rings (SSSR count). The van der Waals surface area contributed by atoms with Gasteiger partial charge < -0.3 is 15.0 Å². The van der Waals surface area contributed by atoms with Gasteiger partial charge in [0.15, 0.2) is 6.61 Å². The maximum absolute atomic E-state index is 13.5. The SMILES string of the molecule is CCCNC(=O)[C@@H](Cc1ccccc1)N(Cc1ccc(Cl)c(Cl)c1)C(=O)COc1ccc(C)cc1. The molecule has 0 saturated heterocycles. The van der Waals surface area contributed by atoms with E-state index in [-0.39, 0.29) is 25.0 Å². The zero-order valence-corrected chi connectivity index (χ0v) is 21.5. The predicted octanol–water partition coefficient (Wildman–Crippen LogP) is 5.85. The lowest BCUT2D eigenvalue weighted by Gasteiger charge is -2.31. The summed E-state index contributed by atoms with van der Waals surface area (Å²) in [6.45, 7) is 4.48. The summed E-state index contributed by atoms with van der Waals surface area (Å²) < 4.78 is 5.78. The highest BCUT2D eigenvalue weighted by Crippen LogP contribution is 2.24. The summed E-state index contributed by atoms with van der Waals surface area (Å²) in [6, 6.07) is 21.6. The van der Waals surface area contributed by atoms with Crippen molar-refractivity contribution in [1.82, 2.24) is 10.2 Å². The van der Waals surface area contributed by atoms with Crippen LogP contribution in [0.5, 0.6) is 5.75 Å². The van der Waals surface area contributed by atoms with Crippen molar-refractivity contribution in [1.29, 1.82) is 0 Å². The van der Waals surface area contributed by atoms with E-state index in [0.29, 0.717) is 28.8 Å². The molecule has 35 heavy (non-hydrogen) atoms. The highest BCUT2D eigenvalue weighted by Gasteiger charge is 2.30. The number of halogens is 2. The first-order chi connectivity index (χ1) is 16.9. The van der Waals surface area contributed by atoms with Gasteiger partial charge in [0.05, 0.1) is 10.0 Å². The molecule has 0 aliphatic heterocycles. The van der Waals surface area contributed by atoms with Crippen LogP contribution >= 0.6 is 23.2 Å². The average Bonchev–Trinajstić information content (AvgIpc) is 2.86. The van der Waals surface area contributed by atoms with E-state index >= 15 is 0 Å². The van der Waals surface area contributed by atoms with Crippen LogP contribution in [0, 0.1) is 6.92 Å². The number of amides is 2. The van der Waals surface area contributed by atoms with Crippen molar-refractivity contribution in [2.75, 3.05) is 13.2 Å². The highest BCUT2D eigenvalue weighted by molar-refractivity contribution is 6.42. The number of nitrogens with one attached hydrogen (secondary N) is 1. The molecule has 0 spiro atoms. The molecule has 0 unspecified atom stereocenters. The summed E-state index contributed by atoms with van der Waals surface area (Å²) >= 11 is 12.3. The van der Waals surface area contributed by atoms with E-state index in [1.807, 2.05) is 68.4 Å². The van der Waals surface area contributed by atoms with Gasteiger partial charge in [0, 0.05) is 19.5 Å². The van der Waals surface area contributed by atoms with Crippen molar-refractivity contribution in [3.05, 3.63) is 99.5 Å². The largest absolute Gasteiger partial charge is 0.484 e. The normalized spacial score (nSPS) is 11.5. The van der Waals surface area contributed by atoms with Gasteiger partial charge >= 0.3 is 0 Å². The minimum atomic E-state index is -0.729. The van der Waals surface area contributed by atoms with E-state index < -0.39 is 6.04 Å². The molecule has 3 aromatic carbocycles. The van der Waals surface area contributed by atoms with Crippen LogP contribution in [0.15, 0.2) is 72.8 Å². The maximum atomic E-state index is 13.5. The number of carbonyl (C=O) groups excluding carboxylic acids is 2. The Hall–Kier alpha value is -3.02. The first-order valence-electron chi connectivity index (χ1n) is 11.6. The molecule has 5 nitrogen and oxygen atoms in total. The Morgan fingerprint density at radius 2 is 1.66 bits per heavy atom. The molecule has 3 aromatic rings. The lowest BCUT2D eigenvalue weighted by Crippen LogP contribution is -2.51. The number of hydrogen-bond donors (Lipinski definition) is 1. The second kappa shape index (κ2) is 13.2. The molecule has 0 aliphatic rings. The second-order valence-corrected chi connectivity index (χ2v) is 9.18. The fourth-order valence-corrected chi connectivity index (χ4v) is 3.94. The van der Waals surface area contributed by atoms with Crippen LogP contribution in [-0.4, -0.2) is 35.9 Å². The fraction of sp³-hybridized carbons (Fsp3) is 0.286. The molecule has 184 valence electrons. The molecule has 0 heterocycles. The first kappa shape index (κ1) is 26.6. The van der Waals surface area contributed by atoms with Crippen LogP contribution in [0.3, 0.4) is 0 Å². The van der Waals surface area contributed by atoms with Crippen molar-refractivity contribution >= 4 is 35.0 Å². The highest BCUT2D eigenvalue weighted by atomic mass is 35.5. The van der Waals surface area contributed by atoms with Gasteiger partial charge in [0.1, 0.15) is 11.8 Å². The van der Waals surface area contributed by atoms with Gasteiger partial charge in [-0.15, -0.1) is 0 Å². The molecular weight excluding hydrogens is 483 g/mol. The van der Waals surface area contributed by atoms with Crippen molar-refractivity contribution in [2.24, 2.45) is 0 Å². The minimum absolute atomic E-state index is 0.185. The molecule has 0 bridgehead atoms. The van der Waals surface area contributed by atoms with Crippen LogP contribution in [0.2, 0.25) is 10.0 Å². The monoisotopic (exact) mass is 512 g/mol. The summed E-state index contributed by atoms with van der Waals surface area (Å²) in [5, 5.41) is 3.77. The van der Waals surface area contributed by atoms with Gasteiger partial charge in [-0.05, 0) is 48.7 Å². The van der Waals surface area contributed by atoms with Crippen LogP contribution in [0.4, 0.5) is 0 Å². The number of benzene rings is 3. The van der Waals surface area contributed by atoms with Crippen molar-refractivity contribution in [3.63, 3.8) is 0 Å². The van der Waals surface area contributed by atoms with Crippen molar-refractivity contribution < 1.29 is 14.3 Å². The van der Waals surface area contributed by atoms with Crippen LogP contribution in [-0.2, 0) is 22.6 Å². The lowest BCUT2D eigenvalue weighted by atomic mass is 10.0. The molecule has 0 aliphatic carbocycles. The summed E-state index contributed by atoms with van der Waals surface area (Å²) in [5.41, 5.74) is 2.82. The number of hydrogen-bond acceptors (Lipinski definition) is 3. The molecule has 1 N–H and O–H groups in total. The Bertz CT molecular complexity index is 1120. The van der Waals surface area contributed by atoms with Gasteiger partial charge in [0.2, 0.25) is 5.91 Å². The third-order valence-electron chi connectivity index (χ3n) is 5.54. The summed E-state index contributed by atoms with van der Waals surface area (Å²) in [7, 11) is 0. The van der Waals surface area contributed by atoms with Gasteiger partial charge in [-0.2, -0.15) is 0 Å². The molecule has 0 fully saturated rings. The molecular formula is C28H30Cl2N2O3. The number of nitrogens with zero attached hydrogens (tertiary/aromatic N) is 1. The number of ether oxygens (including phenoxy) is 1. The number of aryl methyl sites for hydroxylation is 1. The van der Waals surface area contributed by atoms with Gasteiger partial charge in [-0.25, -0.2) is 0 Å². The van der Waals surface area contributed by atoms with E-state index in [1.54, 1.807) is 23.1 Å². The predicted molar refractivity (Wildman–Crippen MR) is 141 cm³/mol. The summed E-state index contributed by atoms with van der Waals surface area (Å²) in [5.74, 6) is 0.0807. The third-order valence-corrected chi connectivity index (χ3v) is 6.28. The van der Waals surface area contributed by atoms with Crippen LogP contribution in [0.1, 0.15) is 30.0 Å². The Labute approximate surface area is 217 Å². The number of rotatable bonds is 11. The average molecular weight is 513 g/mol. The Morgan fingerprint density at radius 3 is 2.31 bits per heavy atom. The maximum Gasteiger partial charge on any atom is 0.261 e. The Balaban J connectivity index is 1.90. The van der Waals surface area contributed by atoms with E-state index in [0.717, 1.165) is 23.1 Å². The zero-order valence-electron chi connectivity index (χ0n) is 20.0. The molecule has 0 aromatic heterocycles. The second-order valence-electron chi connectivity index (χ2n) is 8.37. The van der Waals surface area contributed by atoms with Gasteiger partial charge in [-0.3, -0.25) is 9.59 Å². The Morgan fingerprint density at radius 1 is 0.943 bits per heavy atom. The molecule has 0 saturated carbocycles. The van der Waals surface area contributed by atoms with E-state index in [2.05, 4.69) is 5.32 Å². The van der Waals surface area contributed by atoms with Crippen LogP contribution in [0.25, 0.3) is 0 Å².